The molecule has 0 aliphatic rings. The van der Waals surface area contributed by atoms with Crippen LogP contribution < -0.4 is 0 Å². The molecule has 7 aromatic carbocycles. The molecule has 10 aromatic rings. The molecule has 0 atom stereocenters. The summed E-state index contributed by atoms with van der Waals surface area (Å²) >= 11 is 0. The second-order valence-electron chi connectivity index (χ2n) is 16.1. The highest BCUT2D eigenvalue weighted by atomic mass is 15.2. The molecule has 0 fully saturated rings. The molecule has 59 heavy (non-hydrogen) atoms. The quantitative estimate of drug-likeness (QED) is 0.174. The second kappa shape index (κ2) is 13.7. The average Bonchev–Trinajstić information content (AvgIpc) is 3.78. The van der Waals surface area contributed by atoms with Crippen LogP contribution in [-0.4, -0.2) is 24.1 Å². The maximum absolute atomic E-state index is 10.4. The normalized spacial score (nSPS) is 11.7. The summed E-state index contributed by atoms with van der Waals surface area (Å²) in [5.41, 5.74) is 11.7. The standard InChI is InChI=1S/C52H37N7/c1-32-17-24-46-41(27-32)42-29-36(52(2,3)4)23-26-47(42)58(46)48-25-20-34(31-54)28-43(48)50-55-49(40-14-6-5-11-37(40)35-21-18-33(30-53)19-22-35)56-51(57-50)59-44-15-9-7-12-38(44)39-13-8-10-16-45(39)59/h5-29H,1-4H3. The highest BCUT2D eigenvalue weighted by Crippen LogP contribution is 2.40. The maximum atomic E-state index is 10.4. The van der Waals surface area contributed by atoms with E-state index in [1.165, 1.54) is 11.1 Å². The van der Waals surface area contributed by atoms with Crippen LogP contribution in [0.5, 0.6) is 0 Å². The number of nitrogens with zero attached hydrogens (tertiary/aromatic N) is 7. The summed E-state index contributed by atoms with van der Waals surface area (Å²) in [7, 11) is 0. The molecule has 0 radical (unpaired) electrons. The lowest BCUT2D eigenvalue weighted by atomic mass is 9.86. The van der Waals surface area contributed by atoms with Gasteiger partial charge in [0.15, 0.2) is 11.6 Å². The van der Waals surface area contributed by atoms with E-state index in [1.54, 1.807) is 0 Å². The zero-order valence-corrected chi connectivity index (χ0v) is 33.1. The molecule has 3 heterocycles. The highest BCUT2D eigenvalue weighted by Gasteiger charge is 2.24. The van der Waals surface area contributed by atoms with Crippen molar-refractivity contribution < 1.29 is 0 Å². The lowest BCUT2D eigenvalue weighted by Gasteiger charge is -2.19. The molecule has 10 rings (SSSR count). The summed E-state index contributed by atoms with van der Waals surface area (Å²) in [5, 5.41) is 24.4. The molecule has 0 spiro atoms. The molecule has 0 saturated carbocycles. The first-order valence-electron chi connectivity index (χ1n) is 19.6. The Kier molecular flexibility index (Phi) is 8.23. The Hall–Kier alpha value is -7.87. The van der Waals surface area contributed by atoms with Gasteiger partial charge in [-0.1, -0.05) is 111 Å². The third kappa shape index (κ3) is 5.91. The van der Waals surface area contributed by atoms with E-state index in [2.05, 4.69) is 122 Å². The van der Waals surface area contributed by atoms with Crippen molar-refractivity contribution in [2.24, 2.45) is 0 Å². The number of hydrogen-bond acceptors (Lipinski definition) is 5. The van der Waals surface area contributed by atoms with E-state index in [1.807, 2.05) is 78.9 Å². The van der Waals surface area contributed by atoms with Gasteiger partial charge in [-0.3, -0.25) is 4.57 Å². The van der Waals surface area contributed by atoms with Gasteiger partial charge in [0.05, 0.1) is 51.0 Å². The Balaban J connectivity index is 1.30. The van der Waals surface area contributed by atoms with E-state index < -0.39 is 0 Å². The summed E-state index contributed by atoms with van der Waals surface area (Å²) in [6, 6.07) is 55.9. The highest BCUT2D eigenvalue weighted by molar-refractivity contribution is 6.11. The Morgan fingerprint density at radius 1 is 0.475 bits per heavy atom. The number of aromatic nitrogens is 5. The predicted molar refractivity (Wildman–Crippen MR) is 238 cm³/mol. The third-order valence-corrected chi connectivity index (χ3v) is 11.3. The van der Waals surface area contributed by atoms with Crippen LogP contribution in [0.3, 0.4) is 0 Å². The number of nitriles is 2. The fourth-order valence-electron chi connectivity index (χ4n) is 8.34. The topological polar surface area (TPSA) is 96.1 Å². The monoisotopic (exact) mass is 759 g/mol. The smallest absolute Gasteiger partial charge is 0.238 e. The molecule has 0 N–H and O–H groups in total. The Morgan fingerprint density at radius 2 is 1.03 bits per heavy atom. The second-order valence-corrected chi connectivity index (χ2v) is 16.1. The Morgan fingerprint density at radius 3 is 1.69 bits per heavy atom. The molecule has 0 aliphatic carbocycles. The zero-order chi connectivity index (χ0) is 40.4. The minimum Gasteiger partial charge on any atom is -0.308 e. The van der Waals surface area contributed by atoms with Crippen molar-refractivity contribution in [1.82, 2.24) is 24.1 Å². The van der Waals surface area contributed by atoms with E-state index in [9.17, 15) is 10.5 Å². The van der Waals surface area contributed by atoms with Crippen LogP contribution >= 0.6 is 0 Å². The van der Waals surface area contributed by atoms with Gasteiger partial charge in [-0.05, 0) is 95.8 Å². The average molecular weight is 760 g/mol. The molecule has 280 valence electrons. The van der Waals surface area contributed by atoms with E-state index in [0.29, 0.717) is 34.3 Å². The molecular weight excluding hydrogens is 723 g/mol. The number of fused-ring (bicyclic) bond motifs is 6. The van der Waals surface area contributed by atoms with Crippen LogP contribution in [0.2, 0.25) is 0 Å². The van der Waals surface area contributed by atoms with Crippen molar-refractivity contribution in [2.45, 2.75) is 33.1 Å². The molecule has 7 nitrogen and oxygen atoms in total. The van der Waals surface area contributed by atoms with Gasteiger partial charge in [0.1, 0.15) is 0 Å². The minimum absolute atomic E-state index is 0.0371. The molecule has 7 heteroatoms. The fraction of sp³-hybridized carbons (Fsp3) is 0.0962. The van der Waals surface area contributed by atoms with Crippen LogP contribution in [0.15, 0.2) is 152 Å². The fourth-order valence-corrected chi connectivity index (χ4v) is 8.34. The SMILES string of the molecule is Cc1ccc2c(c1)c1cc(C(C)(C)C)ccc1n2-c1ccc(C#N)cc1-c1nc(-c2ccccc2-c2ccc(C#N)cc2)nc(-n2c3ccccc3c3ccccc32)n1. The Bertz CT molecular complexity index is 3350. The van der Waals surface area contributed by atoms with Gasteiger partial charge >= 0.3 is 0 Å². The molecule has 3 aromatic heterocycles. The number of para-hydroxylation sites is 2. The van der Waals surface area contributed by atoms with Gasteiger partial charge < -0.3 is 4.57 Å². The van der Waals surface area contributed by atoms with E-state index in [-0.39, 0.29) is 5.41 Å². The van der Waals surface area contributed by atoms with Gasteiger partial charge in [-0.2, -0.15) is 20.5 Å². The van der Waals surface area contributed by atoms with Crippen LogP contribution in [0.4, 0.5) is 0 Å². The van der Waals surface area contributed by atoms with Gasteiger partial charge in [-0.15, -0.1) is 0 Å². The summed E-state index contributed by atoms with van der Waals surface area (Å²) in [5.74, 6) is 1.37. The van der Waals surface area contributed by atoms with Crippen molar-refractivity contribution >= 4 is 43.6 Å². The van der Waals surface area contributed by atoms with Crippen LogP contribution in [0.25, 0.3) is 89.2 Å². The largest absolute Gasteiger partial charge is 0.308 e. The predicted octanol–water partition coefficient (Wildman–Crippen LogP) is 12.4. The van der Waals surface area contributed by atoms with E-state index in [0.717, 1.165) is 66.0 Å². The first kappa shape index (κ1) is 35.5. The molecule has 0 aliphatic heterocycles. The minimum atomic E-state index is -0.0371. The molecular formula is C52H37N7. The van der Waals surface area contributed by atoms with Gasteiger partial charge in [0.2, 0.25) is 5.95 Å². The van der Waals surface area contributed by atoms with E-state index >= 15 is 0 Å². The Labute approximate surface area is 341 Å². The summed E-state index contributed by atoms with van der Waals surface area (Å²) in [6.07, 6.45) is 0. The number of rotatable bonds is 5. The van der Waals surface area contributed by atoms with E-state index in [4.69, 9.17) is 15.0 Å². The van der Waals surface area contributed by atoms with Gasteiger partial charge in [0.25, 0.3) is 0 Å². The molecule has 0 saturated heterocycles. The van der Waals surface area contributed by atoms with Crippen LogP contribution in [0.1, 0.15) is 43.0 Å². The molecule has 0 unspecified atom stereocenters. The number of aryl methyl sites for hydroxylation is 1. The van der Waals surface area contributed by atoms with Gasteiger partial charge in [-0.25, -0.2) is 4.98 Å². The lowest BCUT2D eigenvalue weighted by Crippen LogP contribution is -2.10. The summed E-state index contributed by atoms with van der Waals surface area (Å²) in [4.78, 5) is 16.0. The molecule has 0 bridgehead atoms. The van der Waals surface area contributed by atoms with Crippen molar-refractivity contribution in [3.8, 4) is 57.7 Å². The van der Waals surface area contributed by atoms with Crippen molar-refractivity contribution in [2.75, 3.05) is 0 Å². The maximum Gasteiger partial charge on any atom is 0.238 e. The first-order valence-corrected chi connectivity index (χ1v) is 19.6. The van der Waals surface area contributed by atoms with Crippen molar-refractivity contribution in [3.05, 3.63) is 174 Å². The zero-order valence-electron chi connectivity index (χ0n) is 33.1. The lowest BCUT2D eigenvalue weighted by molar-refractivity contribution is 0.591. The molecule has 0 amide bonds. The number of hydrogen-bond donors (Lipinski definition) is 0. The summed E-state index contributed by atoms with van der Waals surface area (Å²) in [6.45, 7) is 8.85. The van der Waals surface area contributed by atoms with Crippen LogP contribution in [-0.2, 0) is 5.41 Å². The van der Waals surface area contributed by atoms with Crippen molar-refractivity contribution in [1.29, 1.82) is 10.5 Å². The number of benzene rings is 7. The summed E-state index contributed by atoms with van der Waals surface area (Å²) < 4.78 is 4.38. The van der Waals surface area contributed by atoms with Gasteiger partial charge in [0, 0.05) is 32.7 Å². The first-order chi connectivity index (χ1) is 28.7. The third-order valence-electron chi connectivity index (χ3n) is 11.3. The van der Waals surface area contributed by atoms with Crippen LogP contribution in [0, 0.1) is 29.6 Å². The van der Waals surface area contributed by atoms with Crippen molar-refractivity contribution in [3.63, 3.8) is 0 Å².